The highest BCUT2D eigenvalue weighted by molar-refractivity contribution is 5.80. The van der Waals surface area contributed by atoms with Gasteiger partial charge < -0.3 is 14.9 Å². The summed E-state index contributed by atoms with van der Waals surface area (Å²) >= 11 is 0. The van der Waals surface area contributed by atoms with Crippen LogP contribution in [0.5, 0.6) is 0 Å². The van der Waals surface area contributed by atoms with Gasteiger partial charge in [-0.05, 0) is 24.1 Å². The molecule has 0 aliphatic carbocycles. The maximum Gasteiger partial charge on any atom is 0.140 e. The zero-order valence-electron chi connectivity index (χ0n) is 11.7. The molecule has 0 fully saturated rings. The molecule has 104 valence electrons. The predicted molar refractivity (Wildman–Crippen MR) is 79.2 cm³/mol. The summed E-state index contributed by atoms with van der Waals surface area (Å²) < 4.78 is 4.34. The van der Waals surface area contributed by atoms with Gasteiger partial charge in [0.1, 0.15) is 5.65 Å². The Labute approximate surface area is 118 Å². The Bertz CT molecular complexity index is 710. The fraction of sp³-hybridized carbons (Fsp3) is 0.333. The van der Waals surface area contributed by atoms with Gasteiger partial charge in [0, 0.05) is 37.1 Å². The summed E-state index contributed by atoms with van der Waals surface area (Å²) in [5.74, 6) is 0. The lowest BCUT2D eigenvalue weighted by molar-refractivity contribution is 0.627. The Morgan fingerprint density at radius 3 is 3.00 bits per heavy atom. The van der Waals surface area contributed by atoms with Crippen LogP contribution in [0.1, 0.15) is 24.6 Å². The molecule has 0 atom stereocenters. The van der Waals surface area contributed by atoms with Crippen molar-refractivity contribution in [2.24, 2.45) is 5.73 Å². The topological polar surface area (TPSA) is 61.7 Å². The van der Waals surface area contributed by atoms with Crippen molar-refractivity contribution in [2.45, 2.75) is 33.0 Å². The highest BCUT2D eigenvalue weighted by atomic mass is 15.1. The first-order valence-corrected chi connectivity index (χ1v) is 6.95. The van der Waals surface area contributed by atoms with Crippen LogP contribution in [0.2, 0.25) is 0 Å². The second-order valence-corrected chi connectivity index (χ2v) is 4.94. The van der Waals surface area contributed by atoms with E-state index in [1.807, 2.05) is 24.8 Å². The van der Waals surface area contributed by atoms with Gasteiger partial charge in [-0.3, -0.25) is 0 Å². The third-order valence-corrected chi connectivity index (χ3v) is 3.53. The summed E-state index contributed by atoms with van der Waals surface area (Å²) in [4.78, 5) is 8.73. The standard InChI is InChI=1S/C15H19N5/c1-2-6-19-11-17-8-13(19)10-20-9-12(7-16)14-4-3-5-18-15(14)20/h3-5,8-9,11H,2,6-7,10,16H2,1H3. The van der Waals surface area contributed by atoms with E-state index in [4.69, 9.17) is 5.73 Å². The van der Waals surface area contributed by atoms with E-state index in [9.17, 15) is 0 Å². The molecule has 0 aliphatic heterocycles. The average Bonchev–Trinajstić information content (AvgIpc) is 3.05. The summed E-state index contributed by atoms with van der Waals surface area (Å²) in [5.41, 5.74) is 9.13. The zero-order valence-corrected chi connectivity index (χ0v) is 11.7. The minimum Gasteiger partial charge on any atom is -0.333 e. The Morgan fingerprint density at radius 1 is 1.30 bits per heavy atom. The molecule has 0 bridgehead atoms. The van der Waals surface area contributed by atoms with Crippen molar-refractivity contribution in [3.63, 3.8) is 0 Å². The van der Waals surface area contributed by atoms with Gasteiger partial charge >= 0.3 is 0 Å². The highest BCUT2D eigenvalue weighted by Gasteiger charge is 2.10. The van der Waals surface area contributed by atoms with Crippen molar-refractivity contribution in [3.05, 3.63) is 48.3 Å². The number of hydrogen-bond acceptors (Lipinski definition) is 3. The van der Waals surface area contributed by atoms with Gasteiger partial charge in [-0.1, -0.05) is 6.92 Å². The maximum absolute atomic E-state index is 5.82. The number of imidazole rings is 1. The lowest BCUT2D eigenvalue weighted by Crippen LogP contribution is -2.06. The first-order chi connectivity index (χ1) is 9.83. The van der Waals surface area contributed by atoms with E-state index in [1.54, 1.807) is 0 Å². The number of pyridine rings is 1. The molecular formula is C15H19N5. The first-order valence-electron chi connectivity index (χ1n) is 6.95. The molecule has 2 N–H and O–H groups in total. The lowest BCUT2D eigenvalue weighted by atomic mass is 10.2. The largest absolute Gasteiger partial charge is 0.333 e. The van der Waals surface area contributed by atoms with E-state index < -0.39 is 0 Å². The minimum absolute atomic E-state index is 0.531. The van der Waals surface area contributed by atoms with Crippen LogP contribution in [0.15, 0.2) is 37.1 Å². The average molecular weight is 269 g/mol. The predicted octanol–water partition coefficient (Wildman–Crippen LogP) is 2.15. The first kappa shape index (κ1) is 12.9. The molecule has 0 spiro atoms. The number of fused-ring (bicyclic) bond motifs is 1. The smallest absolute Gasteiger partial charge is 0.140 e. The second kappa shape index (κ2) is 5.46. The molecule has 3 aromatic rings. The SMILES string of the molecule is CCCn1cncc1Cn1cc(CN)c2cccnc21. The molecule has 0 saturated heterocycles. The van der Waals surface area contributed by atoms with E-state index in [0.29, 0.717) is 6.54 Å². The number of nitrogens with two attached hydrogens (primary N) is 1. The van der Waals surface area contributed by atoms with Gasteiger partial charge in [0.25, 0.3) is 0 Å². The van der Waals surface area contributed by atoms with Crippen molar-refractivity contribution in [1.82, 2.24) is 19.1 Å². The summed E-state index contributed by atoms with van der Waals surface area (Å²) in [6.07, 6.45) is 8.83. The van der Waals surface area contributed by atoms with E-state index in [-0.39, 0.29) is 0 Å². The molecule has 5 heteroatoms. The Balaban J connectivity index is 2.00. The highest BCUT2D eigenvalue weighted by Crippen LogP contribution is 2.20. The van der Waals surface area contributed by atoms with Gasteiger partial charge in [0.15, 0.2) is 0 Å². The number of aromatic nitrogens is 4. The van der Waals surface area contributed by atoms with Gasteiger partial charge in [0.2, 0.25) is 0 Å². The number of aryl methyl sites for hydroxylation is 1. The van der Waals surface area contributed by atoms with Crippen molar-refractivity contribution in [1.29, 1.82) is 0 Å². The van der Waals surface area contributed by atoms with Crippen LogP contribution in [0.3, 0.4) is 0 Å². The third-order valence-electron chi connectivity index (χ3n) is 3.53. The van der Waals surface area contributed by atoms with Crippen LogP contribution in [0, 0.1) is 0 Å². The van der Waals surface area contributed by atoms with Crippen LogP contribution in [-0.2, 0) is 19.6 Å². The summed E-state index contributed by atoms with van der Waals surface area (Å²) in [6.45, 7) is 4.46. The van der Waals surface area contributed by atoms with E-state index >= 15 is 0 Å². The molecule has 0 radical (unpaired) electrons. The Hall–Kier alpha value is -2.14. The van der Waals surface area contributed by atoms with Crippen LogP contribution < -0.4 is 5.73 Å². The fourth-order valence-electron chi connectivity index (χ4n) is 2.58. The van der Waals surface area contributed by atoms with Crippen LogP contribution in [0.25, 0.3) is 11.0 Å². The van der Waals surface area contributed by atoms with E-state index in [0.717, 1.165) is 36.1 Å². The zero-order chi connectivity index (χ0) is 13.9. The summed E-state index contributed by atoms with van der Waals surface area (Å²) in [7, 11) is 0. The lowest BCUT2D eigenvalue weighted by Gasteiger charge is -2.08. The van der Waals surface area contributed by atoms with Crippen LogP contribution in [-0.4, -0.2) is 19.1 Å². The molecule has 0 saturated carbocycles. The molecule has 5 nitrogen and oxygen atoms in total. The molecular weight excluding hydrogens is 250 g/mol. The molecule has 0 aromatic carbocycles. The molecule has 20 heavy (non-hydrogen) atoms. The normalized spacial score (nSPS) is 11.3. The van der Waals surface area contributed by atoms with Crippen molar-refractivity contribution < 1.29 is 0 Å². The Morgan fingerprint density at radius 2 is 2.20 bits per heavy atom. The number of nitrogens with zero attached hydrogens (tertiary/aromatic N) is 4. The molecule has 3 aromatic heterocycles. The third kappa shape index (κ3) is 2.20. The van der Waals surface area contributed by atoms with E-state index in [2.05, 4.69) is 38.3 Å². The van der Waals surface area contributed by atoms with Crippen molar-refractivity contribution >= 4 is 11.0 Å². The van der Waals surface area contributed by atoms with E-state index in [1.165, 1.54) is 5.69 Å². The molecule has 3 heterocycles. The molecule has 0 aliphatic rings. The fourth-order valence-corrected chi connectivity index (χ4v) is 2.58. The minimum atomic E-state index is 0.531. The van der Waals surface area contributed by atoms with Crippen molar-refractivity contribution in [3.8, 4) is 0 Å². The summed E-state index contributed by atoms with van der Waals surface area (Å²) in [5, 5.41) is 1.14. The maximum atomic E-state index is 5.82. The summed E-state index contributed by atoms with van der Waals surface area (Å²) in [6, 6.07) is 4.03. The molecule has 0 unspecified atom stereocenters. The number of hydrogen-bond donors (Lipinski definition) is 1. The monoisotopic (exact) mass is 269 g/mol. The van der Waals surface area contributed by atoms with Gasteiger partial charge in [-0.25, -0.2) is 9.97 Å². The molecule has 0 amide bonds. The van der Waals surface area contributed by atoms with Crippen LogP contribution in [0.4, 0.5) is 0 Å². The Kier molecular flexibility index (Phi) is 3.52. The van der Waals surface area contributed by atoms with Gasteiger partial charge in [-0.2, -0.15) is 0 Å². The van der Waals surface area contributed by atoms with Crippen LogP contribution >= 0.6 is 0 Å². The van der Waals surface area contributed by atoms with Gasteiger partial charge in [-0.15, -0.1) is 0 Å². The number of rotatable bonds is 5. The quantitative estimate of drug-likeness (QED) is 0.772. The van der Waals surface area contributed by atoms with Gasteiger partial charge in [0.05, 0.1) is 18.6 Å². The van der Waals surface area contributed by atoms with Crippen molar-refractivity contribution in [2.75, 3.05) is 0 Å². The second-order valence-electron chi connectivity index (χ2n) is 4.94. The molecule has 3 rings (SSSR count).